The van der Waals surface area contributed by atoms with Crippen molar-refractivity contribution in [1.29, 1.82) is 0 Å². The molecule has 1 aliphatic rings. The number of nitrogens with zero attached hydrogens (tertiary/aromatic N) is 1. The number of rotatable bonds is 5. The molecule has 1 saturated heterocycles. The molecule has 1 rings (SSSR count). The van der Waals surface area contributed by atoms with Crippen molar-refractivity contribution in [3.63, 3.8) is 0 Å². The fourth-order valence-corrected chi connectivity index (χ4v) is 3.44. The number of piperidine rings is 1. The van der Waals surface area contributed by atoms with Gasteiger partial charge in [-0.15, -0.1) is 0 Å². The number of aliphatic carboxylic acids is 1. The molecule has 1 heterocycles. The number of halogens is 1. The lowest BCUT2D eigenvalue weighted by Gasteiger charge is -2.46. The number of hydrogen-bond acceptors (Lipinski definition) is 3. The quantitative estimate of drug-likeness (QED) is 0.218. The first-order valence-corrected chi connectivity index (χ1v) is 8.03. The molecule has 1 aliphatic heterocycles. The van der Waals surface area contributed by atoms with Crippen LogP contribution >= 0.6 is 7.60 Å². The van der Waals surface area contributed by atoms with Crippen LogP contribution in [0.4, 0.5) is 0 Å². The number of hydrogen-bond donors (Lipinski definition) is 4. The maximum atomic E-state index is 11.3. The normalized spacial score (nSPS) is 30.1. The monoisotopic (exact) mass is 423 g/mol. The summed E-state index contributed by atoms with van der Waals surface area (Å²) in [5, 5.41) is 15.9. The largest absolute Gasteiger partial charge is 1.00 e. The van der Waals surface area contributed by atoms with Crippen LogP contribution in [0.2, 0.25) is 0 Å². The lowest BCUT2D eigenvalue weighted by molar-refractivity contribution is -0.937. The van der Waals surface area contributed by atoms with Gasteiger partial charge in [0.15, 0.2) is 0 Å². The van der Waals surface area contributed by atoms with Gasteiger partial charge < -0.3 is 48.5 Å². The summed E-state index contributed by atoms with van der Waals surface area (Å²) >= 11 is 0. The van der Waals surface area contributed by atoms with Crippen LogP contribution < -0.4 is 24.0 Å². The Hall–Kier alpha value is 0.270. The van der Waals surface area contributed by atoms with Crippen molar-refractivity contribution in [2.45, 2.75) is 44.0 Å². The Morgan fingerprint density at radius 3 is 2.35 bits per heavy atom. The van der Waals surface area contributed by atoms with Gasteiger partial charge in [-0.3, -0.25) is 4.57 Å². The number of carboxylic acids is 1. The van der Waals surface area contributed by atoms with Gasteiger partial charge in [0.1, 0.15) is 0 Å². The van der Waals surface area contributed by atoms with Gasteiger partial charge in [0, 0.05) is 0 Å². The van der Waals surface area contributed by atoms with Gasteiger partial charge in [-0.1, -0.05) is 0 Å². The molecule has 7 nitrogen and oxygen atoms in total. The summed E-state index contributed by atoms with van der Waals surface area (Å²) in [5.41, 5.74) is 0. The van der Waals surface area contributed by atoms with Gasteiger partial charge >= 0.3 is 13.6 Å². The molecule has 3 unspecified atom stereocenters. The Morgan fingerprint density at radius 2 is 1.95 bits per heavy atom. The molecule has 0 aromatic heterocycles. The van der Waals surface area contributed by atoms with Crippen LogP contribution in [0.1, 0.15) is 32.6 Å². The molecule has 0 spiro atoms. The van der Waals surface area contributed by atoms with Gasteiger partial charge in [0.2, 0.25) is 0 Å². The number of likely N-dealkylation sites (tertiary alicyclic amines) is 1. The first-order valence-electron chi connectivity index (χ1n) is 6.42. The van der Waals surface area contributed by atoms with Crippen molar-refractivity contribution in [3.8, 4) is 0 Å². The standard InChI is InChI=1S/C11H22NO6P.HI/c1-3-12(2)7-5-4-6-9(12)8-11(15,10(13)14)19(16,17)18;/h9,15H,3-8H2,1-2H3,(H2-,13,14,16,17,18);1H. The first kappa shape index (κ1) is 20.3. The van der Waals surface area contributed by atoms with Crippen molar-refractivity contribution in [3.05, 3.63) is 0 Å². The van der Waals surface area contributed by atoms with Gasteiger partial charge in [-0.25, -0.2) is 4.79 Å². The Morgan fingerprint density at radius 1 is 1.40 bits per heavy atom. The zero-order valence-electron chi connectivity index (χ0n) is 11.7. The summed E-state index contributed by atoms with van der Waals surface area (Å²) in [6.45, 7) is 3.52. The lowest BCUT2D eigenvalue weighted by Crippen LogP contribution is -3.00. The Labute approximate surface area is 135 Å². The molecule has 120 valence electrons. The Kier molecular flexibility index (Phi) is 7.11. The molecule has 4 N–H and O–H groups in total. The van der Waals surface area contributed by atoms with E-state index >= 15 is 0 Å². The van der Waals surface area contributed by atoms with E-state index < -0.39 is 25.3 Å². The zero-order chi connectivity index (χ0) is 14.9. The number of carboxylic acid groups (broad SMARTS) is 1. The maximum absolute atomic E-state index is 11.3. The SMILES string of the molecule is CC[N+]1(C)CCCCC1CC(O)(C(=O)O)P(=O)(O)O.[I-]. The van der Waals surface area contributed by atoms with E-state index in [1.54, 1.807) is 0 Å². The summed E-state index contributed by atoms with van der Waals surface area (Å²) in [5.74, 6) is -1.85. The van der Waals surface area contributed by atoms with Gasteiger partial charge in [0.05, 0.1) is 32.6 Å². The van der Waals surface area contributed by atoms with E-state index in [0.717, 1.165) is 25.9 Å². The first-order chi connectivity index (χ1) is 8.57. The second-order valence-corrected chi connectivity index (χ2v) is 7.37. The third-order valence-electron chi connectivity index (χ3n) is 4.40. The zero-order valence-corrected chi connectivity index (χ0v) is 14.7. The smallest absolute Gasteiger partial charge is 0.368 e. The van der Waals surface area contributed by atoms with Gasteiger partial charge in [-0.2, -0.15) is 0 Å². The van der Waals surface area contributed by atoms with Crippen molar-refractivity contribution in [2.75, 3.05) is 20.1 Å². The Balaban J connectivity index is 0.00000361. The van der Waals surface area contributed by atoms with Crippen LogP contribution in [0.5, 0.6) is 0 Å². The summed E-state index contributed by atoms with van der Waals surface area (Å²) < 4.78 is 11.9. The number of carbonyl (C=O) groups is 1. The maximum Gasteiger partial charge on any atom is 0.368 e. The van der Waals surface area contributed by atoms with Crippen molar-refractivity contribution in [2.24, 2.45) is 0 Å². The molecular formula is C11H23INO6P. The number of quaternary nitrogens is 1. The molecule has 3 atom stereocenters. The average Bonchev–Trinajstić information content (AvgIpc) is 2.30. The van der Waals surface area contributed by atoms with E-state index in [1.165, 1.54) is 0 Å². The Bertz CT molecular complexity index is 402. The van der Waals surface area contributed by atoms with Crippen LogP contribution in [0, 0.1) is 0 Å². The second kappa shape index (κ2) is 7.02. The molecule has 0 amide bonds. The summed E-state index contributed by atoms with van der Waals surface area (Å²) in [4.78, 5) is 29.4. The van der Waals surface area contributed by atoms with Gasteiger partial charge in [0.25, 0.3) is 5.34 Å². The molecule has 0 bridgehead atoms. The molecular weight excluding hydrogens is 400 g/mol. The fourth-order valence-electron chi connectivity index (χ4n) is 2.75. The fraction of sp³-hybridized carbons (Fsp3) is 0.909. The molecule has 20 heavy (non-hydrogen) atoms. The van der Waals surface area contributed by atoms with Crippen LogP contribution in [-0.4, -0.2) is 62.0 Å². The highest BCUT2D eigenvalue weighted by Gasteiger charge is 2.56. The molecule has 0 aromatic rings. The molecule has 0 aliphatic carbocycles. The highest BCUT2D eigenvalue weighted by atomic mass is 127. The van der Waals surface area contributed by atoms with E-state index in [2.05, 4.69) is 0 Å². The van der Waals surface area contributed by atoms with E-state index in [4.69, 9.17) is 14.9 Å². The van der Waals surface area contributed by atoms with Crippen LogP contribution in [0.25, 0.3) is 0 Å². The minimum absolute atomic E-state index is 0. The topological polar surface area (TPSA) is 115 Å². The highest BCUT2D eigenvalue weighted by Crippen LogP contribution is 2.52. The predicted molar refractivity (Wildman–Crippen MR) is 68.5 cm³/mol. The molecule has 0 saturated carbocycles. The van der Waals surface area contributed by atoms with Crippen molar-refractivity contribution in [1.82, 2.24) is 0 Å². The lowest BCUT2D eigenvalue weighted by atomic mass is 9.94. The van der Waals surface area contributed by atoms with E-state index in [1.807, 2.05) is 14.0 Å². The minimum atomic E-state index is -5.13. The van der Waals surface area contributed by atoms with E-state index in [9.17, 15) is 14.5 Å². The van der Waals surface area contributed by atoms with Crippen molar-refractivity contribution >= 4 is 13.6 Å². The predicted octanol–water partition coefficient (Wildman–Crippen LogP) is -2.65. The van der Waals surface area contributed by atoms with Crippen LogP contribution in [0.15, 0.2) is 0 Å². The van der Waals surface area contributed by atoms with Crippen LogP contribution in [0.3, 0.4) is 0 Å². The molecule has 0 aromatic carbocycles. The van der Waals surface area contributed by atoms with E-state index in [0.29, 0.717) is 10.9 Å². The van der Waals surface area contributed by atoms with Crippen LogP contribution in [-0.2, 0) is 9.36 Å². The highest BCUT2D eigenvalue weighted by molar-refractivity contribution is 7.54. The molecule has 0 radical (unpaired) electrons. The van der Waals surface area contributed by atoms with Crippen molar-refractivity contribution < 1.29 is 57.8 Å². The third-order valence-corrected chi connectivity index (χ3v) is 5.74. The molecule has 9 heteroatoms. The summed E-state index contributed by atoms with van der Waals surface area (Å²) in [7, 11) is -3.20. The number of aliphatic hydroxyl groups is 1. The average molecular weight is 423 g/mol. The third kappa shape index (κ3) is 3.92. The minimum Gasteiger partial charge on any atom is -1.00 e. The summed E-state index contributed by atoms with van der Waals surface area (Å²) in [6.07, 6.45) is 2.13. The molecule has 1 fully saturated rings. The van der Waals surface area contributed by atoms with Gasteiger partial charge in [-0.05, 0) is 26.2 Å². The second-order valence-electron chi connectivity index (χ2n) is 5.54. The summed E-state index contributed by atoms with van der Waals surface area (Å²) in [6, 6.07) is -0.257. The van der Waals surface area contributed by atoms with E-state index in [-0.39, 0.29) is 30.0 Å².